The highest BCUT2D eigenvalue weighted by atomic mass is 127. The number of halogens is 2. The van der Waals surface area contributed by atoms with Crippen LogP contribution < -0.4 is 0 Å². The summed E-state index contributed by atoms with van der Waals surface area (Å²) in [7, 11) is 1.38. The van der Waals surface area contributed by atoms with Crippen LogP contribution >= 0.6 is 45.2 Å². The summed E-state index contributed by atoms with van der Waals surface area (Å²) in [6, 6.07) is 5.87. The normalized spacial score (nSPS) is 10.6. The van der Waals surface area contributed by atoms with Gasteiger partial charge in [0.2, 0.25) is 0 Å². The SMILES string of the molecule is COC(=O)c1cc2cc(I)c(I)cc2[nH]1. The minimum absolute atomic E-state index is 0.337. The van der Waals surface area contributed by atoms with Crippen LogP contribution in [0.1, 0.15) is 10.5 Å². The number of carbonyl (C=O) groups excluding carboxylic acids is 1. The number of aromatic nitrogens is 1. The first-order valence-corrected chi connectivity index (χ1v) is 6.33. The summed E-state index contributed by atoms with van der Waals surface area (Å²) in [5.74, 6) is -0.337. The van der Waals surface area contributed by atoms with Crippen molar-refractivity contribution in [2.75, 3.05) is 7.11 Å². The van der Waals surface area contributed by atoms with Gasteiger partial charge in [0.25, 0.3) is 0 Å². The molecule has 78 valence electrons. The van der Waals surface area contributed by atoms with Crippen molar-refractivity contribution in [3.8, 4) is 0 Å². The number of nitrogens with one attached hydrogen (secondary N) is 1. The molecule has 0 aliphatic carbocycles. The average molecular weight is 427 g/mol. The average Bonchev–Trinajstić information content (AvgIpc) is 2.60. The maximum atomic E-state index is 11.3. The summed E-state index contributed by atoms with van der Waals surface area (Å²) in [6.07, 6.45) is 0. The molecule has 0 saturated carbocycles. The number of carbonyl (C=O) groups is 1. The first kappa shape index (κ1) is 11.2. The highest BCUT2D eigenvalue weighted by Crippen LogP contribution is 2.23. The maximum absolute atomic E-state index is 11.3. The number of esters is 1. The second kappa shape index (κ2) is 4.28. The van der Waals surface area contributed by atoms with E-state index in [9.17, 15) is 4.79 Å². The van der Waals surface area contributed by atoms with Gasteiger partial charge in [-0.05, 0) is 63.4 Å². The lowest BCUT2D eigenvalue weighted by atomic mass is 10.2. The molecule has 15 heavy (non-hydrogen) atoms. The monoisotopic (exact) mass is 427 g/mol. The van der Waals surface area contributed by atoms with Crippen LogP contribution in [0.3, 0.4) is 0 Å². The van der Waals surface area contributed by atoms with Gasteiger partial charge in [-0.2, -0.15) is 0 Å². The smallest absolute Gasteiger partial charge is 0.354 e. The van der Waals surface area contributed by atoms with E-state index < -0.39 is 0 Å². The summed E-state index contributed by atoms with van der Waals surface area (Å²) in [4.78, 5) is 14.3. The fraction of sp³-hybridized carbons (Fsp3) is 0.100. The third kappa shape index (κ3) is 2.12. The fourth-order valence-electron chi connectivity index (χ4n) is 1.35. The Morgan fingerprint density at radius 3 is 2.60 bits per heavy atom. The molecule has 0 unspecified atom stereocenters. The van der Waals surface area contributed by atoms with Gasteiger partial charge in [0.15, 0.2) is 0 Å². The maximum Gasteiger partial charge on any atom is 0.354 e. The first-order chi connectivity index (χ1) is 7.11. The minimum atomic E-state index is -0.337. The van der Waals surface area contributed by atoms with E-state index in [0.717, 1.165) is 10.9 Å². The molecule has 0 fully saturated rings. The Morgan fingerprint density at radius 1 is 1.27 bits per heavy atom. The van der Waals surface area contributed by atoms with Gasteiger partial charge >= 0.3 is 5.97 Å². The summed E-state index contributed by atoms with van der Waals surface area (Å²) in [6.45, 7) is 0. The van der Waals surface area contributed by atoms with Crippen LogP contribution in [-0.2, 0) is 4.74 Å². The molecule has 0 amide bonds. The summed E-state index contributed by atoms with van der Waals surface area (Å²) < 4.78 is 7.00. The van der Waals surface area contributed by atoms with Gasteiger partial charge in [-0.25, -0.2) is 4.79 Å². The molecule has 0 spiro atoms. The number of hydrogen-bond donors (Lipinski definition) is 1. The lowest BCUT2D eigenvalue weighted by molar-refractivity contribution is 0.0595. The number of fused-ring (bicyclic) bond motifs is 1. The molecule has 0 bridgehead atoms. The Bertz CT molecular complexity index is 494. The van der Waals surface area contributed by atoms with E-state index in [1.54, 1.807) is 6.07 Å². The van der Waals surface area contributed by atoms with Crippen molar-refractivity contribution in [1.29, 1.82) is 0 Å². The van der Waals surface area contributed by atoms with Crippen LogP contribution in [0.4, 0.5) is 0 Å². The van der Waals surface area contributed by atoms with E-state index in [0.29, 0.717) is 5.69 Å². The molecule has 1 aromatic heterocycles. The molecule has 5 heteroatoms. The number of benzene rings is 1. The van der Waals surface area contributed by atoms with E-state index in [1.165, 1.54) is 14.3 Å². The van der Waals surface area contributed by atoms with Gasteiger partial charge in [0.05, 0.1) is 7.11 Å². The Labute approximate surface area is 114 Å². The Balaban J connectivity index is 2.61. The zero-order valence-corrected chi connectivity index (χ0v) is 12.1. The Hall–Kier alpha value is -0.310. The van der Waals surface area contributed by atoms with Crippen LogP contribution in [0.2, 0.25) is 0 Å². The van der Waals surface area contributed by atoms with Crippen molar-refractivity contribution in [1.82, 2.24) is 4.98 Å². The van der Waals surface area contributed by atoms with Crippen molar-refractivity contribution in [2.45, 2.75) is 0 Å². The number of rotatable bonds is 1. The molecule has 0 atom stereocenters. The van der Waals surface area contributed by atoms with Crippen molar-refractivity contribution in [3.63, 3.8) is 0 Å². The van der Waals surface area contributed by atoms with Gasteiger partial charge in [-0.3, -0.25) is 0 Å². The largest absolute Gasteiger partial charge is 0.464 e. The van der Waals surface area contributed by atoms with Gasteiger partial charge in [0, 0.05) is 18.0 Å². The van der Waals surface area contributed by atoms with E-state index in [4.69, 9.17) is 0 Å². The number of ether oxygens (including phenoxy) is 1. The molecule has 1 heterocycles. The second-order valence-corrected chi connectivity index (χ2v) is 5.35. The number of H-pyrrole nitrogens is 1. The van der Waals surface area contributed by atoms with Crippen molar-refractivity contribution in [3.05, 3.63) is 31.0 Å². The second-order valence-electron chi connectivity index (χ2n) is 3.03. The highest BCUT2D eigenvalue weighted by Gasteiger charge is 2.10. The standard InChI is InChI=1S/C10H7I2NO2/c1-15-10(14)9-3-5-2-6(11)7(12)4-8(5)13-9/h2-4,13H,1H3. The fourth-order valence-corrected chi connectivity index (χ4v) is 2.30. The van der Waals surface area contributed by atoms with Gasteiger partial charge in [-0.15, -0.1) is 0 Å². The summed E-state index contributed by atoms with van der Waals surface area (Å²) in [5.41, 5.74) is 1.45. The Morgan fingerprint density at radius 2 is 1.93 bits per heavy atom. The summed E-state index contributed by atoms with van der Waals surface area (Å²) in [5, 5.41) is 1.03. The molecule has 2 rings (SSSR count). The number of aromatic amines is 1. The molecular weight excluding hydrogens is 420 g/mol. The quantitative estimate of drug-likeness (QED) is 0.562. The molecule has 0 radical (unpaired) electrons. The van der Waals surface area contributed by atoms with E-state index in [-0.39, 0.29) is 5.97 Å². The molecule has 0 aliphatic rings. The van der Waals surface area contributed by atoms with E-state index >= 15 is 0 Å². The molecule has 0 aliphatic heterocycles. The molecule has 1 aromatic carbocycles. The zero-order chi connectivity index (χ0) is 11.0. The van der Waals surface area contributed by atoms with Crippen LogP contribution in [0.25, 0.3) is 10.9 Å². The molecule has 0 saturated heterocycles. The third-order valence-electron chi connectivity index (χ3n) is 2.07. The topological polar surface area (TPSA) is 42.1 Å². The highest BCUT2D eigenvalue weighted by molar-refractivity contribution is 14.1. The predicted octanol–water partition coefficient (Wildman–Crippen LogP) is 3.16. The Kier molecular flexibility index (Phi) is 3.19. The zero-order valence-electron chi connectivity index (χ0n) is 7.80. The minimum Gasteiger partial charge on any atom is -0.464 e. The lowest BCUT2D eigenvalue weighted by Gasteiger charge is -1.95. The van der Waals surface area contributed by atoms with Gasteiger partial charge < -0.3 is 9.72 Å². The van der Waals surface area contributed by atoms with Gasteiger partial charge in [-0.1, -0.05) is 0 Å². The first-order valence-electron chi connectivity index (χ1n) is 4.18. The van der Waals surface area contributed by atoms with Crippen molar-refractivity contribution < 1.29 is 9.53 Å². The van der Waals surface area contributed by atoms with Gasteiger partial charge in [0.1, 0.15) is 5.69 Å². The van der Waals surface area contributed by atoms with Crippen LogP contribution in [0, 0.1) is 7.14 Å². The molecular formula is C10H7I2NO2. The summed E-state index contributed by atoms with van der Waals surface area (Å²) >= 11 is 4.54. The molecule has 2 aromatic rings. The predicted molar refractivity (Wildman–Crippen MR) is 75.1 cm³/mol. The van der Waals surface area contributed by atoms with Crippen molar-refractivity contribution >= 4 is 62.1 Å². The molecule has 3 nitrogen and oxygen atoms in total. The van der Waals surface area contributed by atoms with E-state index in [1.807, 2.05) is 12.1 Å². The van der Waals surface area contributed by atoms with Crippen LogP contribution in [0.15, 0.2) is 18.2 Å². The lowest BCUT2D eigenvalue weighted by Crippen LogP contribution is -2.00. The number of hydrogen-bond acceptors (Lipinski definition) is 2. The van der Waals surface area contributed by atoms with Crippen LogP contribution in [-0.4, -0.2) is 18.1 Å². The van der Waals surface area contributed by atoms with Crippen LogP contribution in [0.5, 0.6) is 0 Å². The number of methoxy groups -OCH3 is 1. The molecule has 1 N–H and O–H groups in total. The van der Waals surface area contributed by atoms with E-state index in [2.05, 4.69) is 54.9 Å². The third-order valence-corrected chi connectivity index (χ3v) is 4.88. The van der Waals surface area contributed by atoms with Crippen molar-refractivity contribution in [2.24, 2.45) is 0 Å².